The third kappa shape index (κ3) is 3.82. The number of amides is 1. The van der Waals surface area contributed by atoms with Crippen molar-refractivity contribution < 1.29 is 13.9 Å². The van der Waals surface area contributed by atoms with Gasteiger partial charge in [-0.3, -0.25) is 4.79 Å². The first kappa shape index (κ1) is 17.8. The van der Waals surface area contributed by atoms with Gasteiger partial charge in [0.15, 0.2) is 5.82 Å². The molecule has 2 aromatic rings. The highest BCUT2D eigenvalue weighted by molar-refractivity contribution is 6.04. The zero-order valence-corrected chi connectivity index (χ0v) is 14.9. The van der Waals surface area contributed by atoms with Gasteiger partial charge in [-0.15, -0.1) is 0 Å². The summed E-state index contributed by atoms with van der Waals surface area (Å²) in [7, 11) is 0. The first-order valence-electron chi connectivity index (χ1n) is 8.59. The van der Waals surface area contributed by atoms with Crippen molar-refractivity contribution >= 4 is 11.6 Å². The van der Waals surface area contributed by atoms with Gasteiger partial charge < -0.3 is 9.64 Å². The molecule has 26 heavy (non-hydrogen) atoms. The van der Waals surface area contributed by atoms with E-state index in [0.29, 0.717) is 24.6 Å². The minimum absolute atomic E-state index is 0.194. The van der Waals surface area contributed by atoms with E-state index in [9.17, 15) is 9.18 Å². The fourth-order valence-corrected chi connectivity index (χ4v) is 2.74. The zero-order chi connectivity index (χ0) is 18.5. The maximum atomic E-state index is 13.1. The number of fused-ring (bicyclic) bond motifs is 1. The minimum atomic E-state index is -0.335. The van der Waals surface area contributed by atoms with E-state index in [2.05, 4.69) is 10.1 Å². The molecule has 1 aromatic heterocycles. The van der Waals surface area contributed by atoms with Crippen molar-refractivity contribution in [2.45, 2.75) is 33.4 Å². The van der Waals surface area contributed by atoms with Crippen LogP contribution >= 0.6 is 0 Å². The standard InChI is InChI=1S/C19H21FN4O2/c1-3-5-16(6-4-2)26-13-17-21-18-19(25)23(11-12-24(18)22-17)15-9-7-14(20)8-10-15/h3,5-10H,4,11-13H2,1-2H3/b5-3-,16-6+. The molecule has 0 aliphatic carbocycles. The van der Waals surface area contributed by atoms with Crippen LogP contribution in [0, 0.1) is 5.82 Å². The summed E-state index contributed by atoms with van der Waals surface area (Å²) >= 11 is 0. The van der Waals surface area contributed by atoms with Gasteiger partial charge in [0.2, 0.25) is 5.82 Å². The van der Waals surface area contributed by atoms with Crippen LogP contribution in [0.4, 0.5) is 10.1 Å². The largest absolute Gasteiger partial charge is 0.486 e. The lowest BCUT2D eigenvalue weighted by atomic mass is 10.2. The van der Waals surface area contributed by atoms with E-state index >= 15 is 0 Å². The number of anilines is 1. The van der Waals surface area contributed by atoms with Gasteiger partial charge in [-0.05, 0) is 49.8 Å². The number of halogens is 1. The molecule has 1 aromatic carbocycles. The first-order chi connectivity index (χ1) is 12.6. The van der Waals surface area contributed by atoms with Crippen molar-refractivity contribution in [3.63, 3.8) is 0 Å². The Morgan fingerprint density at radius 2 is 2.08 bits per heavy atom. The number of nitrogens with zero attached hydrogens (tertiary/aromatic N) is 4. The van der Waals surface area contributed by atoms with Crippen molar-refractivity contribution in [1.29, 1.82) is 0 Å². The summed E-state index contributed by atoms with van der Waals surface area (Å²) in [4.78, 5) is 18.6. The van der Waals surface area contributed by atoms with E-state index in [4.69, 9.17) is 4.74 Å². The predicted molar refractivity (Wildman–Crippen MR) is 96.1 cm³/mol. The van der Waals surface area contributed by atoms with Crippen LogP contribution in [0.2, 0.25) is 0 Å². The zero-order valence-electron chi connectivity index (χ0n) is 14.9. The van der Waals surface area contributed by atoms with Crippen molar-refractivity contribution in [2.75, 3.05) is 11.4 Å². The molecular formula is C19H21FN4O2. The summed E-state index contributed by atoms with van der Waals surface area (Å²) in [5.74, 6) is 0.895. The average Bonchev–Trinajstić information content (AvgIpc) is 3.06. The van der Waals surface area contributed by atoms with Gasteiger partial charge >= 0.3 is 0 Å². The Morgan fingerprint density at radius 3 is 2.77 bits per heavy atom. The molecule has 0 saturated heterocycles. The number of benzene rings is 1. The third-order valence-corrected chi connectivity index (χ3v) is 3.93. The first-order valence-corrected chi connectivity index (χ1v) is 8.59. The van der Waals surface area contributed by atoms with Gasteiger partial charge in [-0.25, -0.2) is 14.1 Å². The van der Waals surface area contributed by atoms with Gasteiger partial charge in [0, 0.05) is 12.2 Å². The Balaban J connectivity index is 1.74. The summed E-state index contributed by atoms with van der Waals surface area (Å²) in [6.45, 7) is 5.13. The van der Waals surface area contributed by atoms with Gasteiger partial charge in [-0.2, -0.15) is 5.10 Å². The molecule has 0 bridgehead atoms. The van der Waals surface area contributed by atoms with Crippen LogP contribution in [0.3, 0.4) is 0 Å². The summed E-state index contributed by atoms with van der Waals surface area (Å²) in [6.07, 6.45) is 6.60. The lowest BCUT2D eigenvalue weighted by Gasteiger charge is -2.26. The Labute approximate surface area is 151 Å². The predicted octanol–water partition coefficient (Wildman–Crippen LogP) is 3.46. The molecule has 6 nitrogen and oxygen atoms in total. The smallest absolute Gasteiger partial charge is 0.295 e. The number of hydrogen-bond acceptors (Lipinski definition) is 4. The van der Waals surface area contributed by atoms with Gasteiger partial charge in [0.25, 0.3) is 5.91 Å². The highest BCUT2D eigenvalue weighted by atomic mass is 19.1. The molecule has 0 fully saturated rings. The molecule has 0 atom stereocenters. The molecule has 0 radical (unpaired) electrons. The molecule has 2 heterocycles. The molecule has 0 unspecified atom stereocenters. The molecule has 1 amide bonds. The van der Waals surface area contributed by atoms with Gasteiger partial charge in [0.05, 0.1) is 6.54 Å². The number of aromatic nitrogens is 3. The number of carbonyl (C=O) groups is 1. The lowest BCUT2D eigenvalue weighted by Crippen LogP contribution is -2.40. The van der Waals surface area contributed by atoms with Crippen LogP contribution in [0.5, 0.6) is 0 Å². The Kier molecular flexibility index (Phi) is 5.46. The molecule has 0 saturated carbocycles. The monoisotopic (exact) mass is 356 g/mol. The second-order valence-electron chi connectivity index (χ2n) is 5.81. The highest BCUT2D eigenvalue weighted by Gasteiger charge is 2.29. The summed E-state index contributed by atoms with van der Waals surface area (Å²) in [5.41, 5.74) is 0.643. The fourth-order valence-electron chi connectivity index (χ4n) is 2.74. The van der Waals surface area contributed by atoms with Gasteiger partial charge in [-0.1, -0.05) is 13.0 Å². The number of carbonyl (C=O) groups excluding carboxylic acids is 1. The number of ether oxygens (including phenoxy) is 1. The van der Waals surface area contributed by atoms with Crippen molar-refractivity contribution in [3.8, 4) is 0 Å². The SMILES string of the molecule is C/C=C\C(=C/CC)OCc1nc2n(n1)CCN(c1ccc(F)cc1)C2=O. The number of hydrogen-bond donors (Lipinski definition) is 0. The molecule has 1 aliphatic heterocycles. The molecule has 136 valence electrons. The summed E-state index contributed by atoms with van der Waals surface area (Å²) in [5, 5.41) is 4.36. The van der Waals surface area contributed by atoms with E-state index in [-0.39, 0.29) is 24.2 Å². The normalized spacial score (nSPS) is 14.8. The Bertz CT molecular complexity index is 840. The molecular weight excluding hydrogens is 335 g/mol. The van der Waals surface area contributed by atoms with Crippen LogP contribution in [0.15, 0.2) is 48.3 Å². The van der Waals surface area contributed by atoms with Crippen LogP contribution in [-0.4, -0.2) is 27.2 Å². The second kappa shape index (κ2) is 7.95. The van der Waals surface area contributed by atoms with Crippen LogP contribution in [-0.2, 0) is 17.9 Å². The minimum Gasteiger partial charge on any atom is -0.486 e. The lowest BCUT2D eigenvalue weighted by molar-refractivity contribution is 0.0956. The molecule has 3 rings (SSSR count). The van der Waals surface area contributed by atoms with E-state index in [1.54, 1.807) is 21.7 Å². The Hall–Kier alpha value is -2.96. The second-order valence-corrected chi connectivity index (χ2v) is 5.81. The molecule has 7 heteroatoms. The van der Waals surface area contributed by atoms with Crippen molar-refractivity contribution in [3.05, 3.63) is 65.7 Å². The average molecular weight is 356 g/mol. The van der Waals surface area contributed by atoms with E-state index in [0.717, 1.165) is 12.2 Å². The highest BCUT2D eigenvalue weighted by Crippen LogP contribution is 2.20. The summed E-state index contributed by atoms with van der Waals surface area (Å²) in [6, 6.07) is 5.85. The van der Waals surface area contributed by atoms with Crippen LogP contribution in [0.25, 0.3) is 0 Å². The van der Waals surface area contributed by atoms with E-state index in [1.165, 1.54) is 12.1 Å². The molecule has 0 spiro atoms. The maximum Gasteiger partial charge on any atom is 0.295 e. The molecule has 0 N–H and O–H groups in total. The van der Waals surface area contributed by atoms with E-state index in [1.807, 2.05) is 32.1 Å². The molecule has 1 aliphatic rings. The van der Waals surface area contributed by atoms with Crippen LogP contribution < -0.4 is 4.90 Å². The Morgan fingerprint density at radius 1 is 1.31 bits per heavy atom. The third-order valence-electron chi connectivity index (χ3n) is 3.93. The van der Waals surface area contributed by atoms with Gasteiger partial charge in [0.1, 0.15) is 18.2 Å². The summed E-state index contributed by atoms with van der Waals surface area (Å²) < 4.78 is 20.4. The fraction of sp³-hybridized carbons (Fsp3) is 0.316. The topological polar surface area (TPSA) is 60.2 Å². The van der Waals surface area contributed by atoms with Crippen molar-refractivity contribution in [1.82, 2.24) is 14.8 Å². The van der Waals surface area contributed by atoms with E-state index < -0.39 is 0 Å². The number of rotatable bonds is 6. The van der Waals surface area contributed by atoms with Crippen molar-refractivity contribution in [2.24, 2.45) is 0 Å². The maximum absolute atomic E-state index is 13.1. The quantitative estimate of drug-likeness (QED) is 0.587. The van der Waals surface area contributed by atoms with Crippen LogP contribution in [0.1, 0.15) is 36.7 Å². The number of allylic oxidation sites excluding steroid dienone is 3.